The molecular weight excluding hydrogens is 388 g/mol. The van der Waals surface area contributed by atoms with E-state index in [4.69, 9.17) is 4.74 Å². The average molecular weight is 408 g/mol. The summed E-state index contributed by atoms with van der Waals surface area (Å²) in [5.41, 5.74) is 6.53. The monoisotopic (exact) mass is 408 g/mol. The number of ether oxygens (including phenoxy) is 1. The Hall–Kier alpha value is -4.26. The number of nitrogens with zero attached hydrogens (tertiary/aromatic N) is 5. The van der Waals surface area contributed by atoms with E-state index in [0.717, 1.165) is 45.2 Å². The molecule has 0 saturated carbocycles. The fraction of sp³-hybridized carbons (Fsp3) is 0.0833. The molecule has 4 aromatic heterocycles. The number of hydrogen-bond donors (Lipinski definition) is 1. The standard InChI is InChI=1S/C24H20N6O/c1-30-16-25-13-18(30)15-31-19-9-7-17(8-10-19)23-20(5-4-12-27-23)21-14-28-29-24(21)22-6-2-3-11-26-22/h2-14,16H,15H2,1H3,(H,28,29). The first-order chi connectivity index (χ1) is 15.3. The predicted octanol–water partition coefficient (Wildman–Crippen LogP) is 4.51. The molecular formula is C24H20N6O. The minimum Gasteiger partial charge on any atom is -0.487 e. The van der Waals surface area contributed by atoms with E-state index in [1.165, 1.54) is 0 Å². The van der Waals surface area contributed by atoms with Gasteiger partial charge >= 0.3 is 0 Å². The van der Waals surface area contributed by atoms with Crippen molar-refractivity contribution >= 4 is 0 Å². The molecule has 5 rings (SSSR count). The molecule has 0 spiro atoms. The summed E-state index contributed by atoms with van der Waals surface area (Å²) in [5.74, 6) is 0.792. The van der Waals surface area contributed by atoms with Gasteiger partial charge in [-0.2, -0.15) is 5.10 Å². The molecule has 0 saturated heterocycles. The third-order valence-corrected chi connectivity index (χ3v) is 5.09. The fourth-order valence-electron chi connectivity index (χ4n) is 3.44. The molecule has 5 aromatic rings. The van der Waals surface area contributed by atoms with Crippen molar-refractivity contribution in [2.45, 2.75) is 6.61 Å². The van der Waals surface area contributed by atoms with Crippen LogP contribution < -0.4 is 4.74 Å². The molecule has 0 atom stereocenters. The van der Waals surface area contributed by atoms with Crippen LogP contribution in [0.4, 0.5) is 0 Å². The third-order valence-electron chi connectivity index (χ3n) is 5.09. The van der Waals surface area contributed by atoms with Gasteiger partial charge in [-0.25, -0.2) is 4.98 Å². The molecule has 1 aromatic carbocycles. The molecule has 0 bridgehead atoms. The number of aromatic amines is 1. The van der Waals surface area contributed by atoms with Gasteiger partial charge in [-0.1, -0.05) is 12.1 Å². The highest BCUT2D eigenvalue weighted by Crippen LogP contribution is 2.35. The lowest BCUT2D eigenvalue weighted by Gasteiger charge is -2.11. The summed E-state index contributed by atoms with van der Waals surface area (Å²) < 4.78 is 7.84. The first-order valence-electron chi connectivity index (χ1n) is 9.88. The maximum Gasteiger partial charge on any atom is 0.130 e. The zero-order valence-corrected chi connectivity index (χ0v) is 16.9. The van der Waals surface area contributed by atoms with Crippen molar-refractivity contribution in [1.82, 2.24) is 29.7 Å². The van der Waals surface area contributed by atoms with Crippen LogP contribution >= 0.6 is 0 Å². The van der Waals surface area contributed by atoms with Gasteiger partial charge in [0.2, 0.25) is 0 Å². The zero-order valence-electron chi connectivity index (χ0n) is 16.9. The number of imidazole rings is 1. The number of nitrogens with one attached hydrogen (secondary N) is 1. The van der Waals surface area contributed by atoms with Crippen LogP contribution in [-0.4, -0.2) is 29.7 Å². The largest absolute Gasteiger partial charge is 0.487 e. The van der Waals surface area contributed by atoms with Crippen LogP contribution in [0.2, 0.25) is 0 Å². The summed E-state index contributed by atoms with van der Waals surface area (Å²) in [6, 6.07) is 17.7. The lowest BCUT2D eigenvalue weighted by atomic mass is 9.98. The lowest BCUT2D eigenvalue weighted by molar-refractivity contribution is 0.297. The summed E-state index contributed by atoms with van der Waals surface area (Å²) >= 11 is 0. The highest BCUT2D eigenvalue weighted by Gasteiger charge is 2.16. The van der Waals surface area contributed by atoms with Gasteiger partial charge in [0, 0.05) is 36.1 Å². The number of aryl methyl sites for hydroxylation is 1. The Bertz CT molecular complexity index is 1290. The topological polar surface area (TPSA) is 81.5 Å². The molecule has 0 aliphatic carbocycles. The molecule has 0 amide bonds. The number of rotatable bonds is 6. The smallest absolute Gasteiger partial charge is 0.130 e. The second-order valence-electron chi connectivity index (χ2n) is 7.08. The van der Waals surface area contributed by atoms with E-state index in [1.807, 2.05) is 72.4 Å². The van der Waals surface area contributed by atoms with Gasteiger partial charge in [-0.15, -0.1) is 0 Å². The molecule has 0 fully saturated rings. The fourth-order valence-corrected chi connectivity index (χ4v) is 3.44. The maximum absolute atomic E-state index is 5.90. The molecule has 7 heteroatoms. The Morgan fingerprint density at radius 1 is 0.903 bits per heavy atom. The van der Waals surface area contributed by atoms with Gasteiger partial charge in [-0.3, -0.25) is 15.1 Å². The summed E-state index contributed by atoms with van der Waals surface area (Å²) in [5, 5.41) is 7.34. The Morgan fingerprint density at radius 2 is 1.77 bits per heavy atom. The highest BCUT2D eigenvalue weighted by molar-refractivity contribution is 5.87. The van der Waals surface area contributed by atoms with Crippen LogP contribution in [0.5, 0.6) is 5.75 Å². The lowest BCUT2D eigenvalue weighted by Crippen LogP contribution is -2.01. The summed E-state index contributed by atoms with van der Waals surface area (Å²) in [6.07, 6.45) is 8.95. The predicted molar refractivity (Wildman–Crippen MR) is 118 cm³/mol. The first kappa shape index (κ1) is 18.7. The van der Waals surface area contributed by atoms with E-state index in [9.17, 15) is 0 Å². The van der Waals surface area contributed by atoms with E-state index in [1.54, 1.807) is 24.9 Å². The molecule has 152 valence electrons. The third kappa shape index (κ3) is 3.81. The van der Waals surface area contributed by atoms with Gasteiger partial charge in [0.1, 0.15) is 12.4 Å². The van der Waals surface area contributed by atoms with Crippen molar-refractivity contribution in [3.63, 3.8) is 0 Å². The highest BCUT2D eigenvalue weighted by atomic mass is 16.5. The number of benzene rings is 1. The van der Waals surface area contributed by atoms with Crippen LogP contribution in [-0.2, 0) is 13.7 Å². The molecule has 0 unspecified atom stereocenters. The molecule has 0 aliphatic heterocycles. The second kappa shape index (κ2) is 8.23. The van der Waals surface area contributed by atoms with Crippen molar-refractivity contribution in [1.29, 1.82) is 0 Å². The van der Waals surface area contributed by atoms with Gasteiger partial charge in [0.25, 0.3) is 0 Å². The minimum absolute atomic E-state index is 0.465. The maximum atomic E-state index is 5.90. The first-order valence-corrected chi connectivity index (χ1v) is 9.88. The van der Waals surface area contributed by atoms with E-state index >= 15 is 0 Å². The van der Waals surface area contributed by atoms with Crippen LogP contribution in [0.3, 0.4) is 0 Å². The zero-order chi connectivity index (χ0) is 21.0. The van der Waals surface area contributed by atoms with Gasteiger partial charge in [0.05, 0.1) is 41.5 Å². The van der Waals surface area contributed by atoms with Crippen LogP contribution in [0, 0.1) is 0 Å². The Morgan fingerprint density at radius 3 is 2.55 bits per heavy atom. The summed E-state index contributed by atoms with van der Waals surface area (Å²) in [6.45, 7) is 0.465. The van der Waals surface area contributed by atoms with E-state index in [0.29, 0.717) is 6.61 Å². The Labute approximate surface area is 179 Å². The van der Waals surface area contributed by atoms with E-state index < -0.39 is 0 Å². The number of aromatic nitrogens is 6. The number of hydrogen-bond acceptors (Lipinski definition) is 5. The van der Waals surface area contributed by atoms with Crippen molar-refractivity contribution in [2.75, 3.05) is 0 Å². The van der Waals surface area contributed by atoms with E-state index in [2.05, 4.69) is 25.1 Å². The van der Waals surface area contributed by atoms with Crippen LogP contribution in [0.25, 0.3) is 33.8 Å². The Kier molecular flexibility index (Phi) is 4.98. The molecule has 0 radical (unpaired) electrons. The SMILES string of the molecule is Cn1cncc1COc1ccc(-c2ncccc2-c2cn[nH]c2-c2ccccn2)cc1. The quantitative estimate of drug-likeness (QED) is 0.447. The molecule has 4 heterocycles. The molecule has 1 N–H and O–H groups in total. The summed E-state index contributed by atoms with van der Waals surface area (Å²) in [7, 11) is 1.95. The van der Waals surface area contributed by atoms with Crippen LogP contribution in [0.1, 0.15) is 5.69 Å². The molecule has 7 nitrogen and oxygen atoms in total. The molecule has 0 aliphatic rings. The van der Waals surface area contributed by atoms with Crippen molar-refractivity contribution in [3.05, 3.63) is 91.4 Å². The number of H-pyrrole nitrogens is 1. The van der Waals surface area contributed by atoms with Crippen molar-refractivity contribution < 1.29 is 4.74 Å². The second-order valence-corrected chi connectivity index (χ2v) is 7.08. The minimum atomic E-state index is 0.465. The van der Waals surface area contributed by atoms with Crippen LogP contribution in [0.15, 0.2) is 85.7 Å². The Balaban J connectivity index is 1.44. The van der Waals surface area contributed by atoms with E-state index in [-0.39, 0.29) is 0 Å². The van der Waals surface area contributed by atoms with Gasteiger partial charge in [0.15, 0.2) is 0 Å². The van der Waals surface area contributed by atoms with Crippen molar-refractivity contribution in [2.24, 2.45) is 7.05 Å². The number of pyridine rings is 2. The summed E-state index contributed by atoms with van der Waals surface area (Å²) in [4.78, 5) is 13.2. The molecule has 31 heavy (non-hydrogen) atoms. The van der Waals surface area contributed by atoms with Crippen molar-refractivity contribution in [3.8, 4) is 39.5 Å². The van der Waals surface area contributed by atoms with Gasteiger partial charge in [-0.05, 0) is 42.5 Å². The normalized spacial score (nSPS) is 10.9. The van der Waals surface area contributed by atoms with Gasteiger partial charge < -0.3 is 9.30 Å². The average Bonchev–Trinajstić information content (AvgIpc) is 3.48.